The van der Waals surface area contributed by atoms with Gasteiger partial charge >= 0.3 is 12.0 Å². The molecule has 8 nitrogen and oxygen atoms in total. The number of carbonyl (C=O) groups excluding carboxylic acids is 1. The van der Waals surface area contributed by atoms with E-state index in [2.05, 4.69) is 15.7 Å². The molecule has 150 valence electrons. The van der Waals surface area contributed by atoms with E-state index in [0.717, 1.165) is 24.1 Å². The number of hydrogen-bond donors (Lipinski definition) is 3. The van der Waals surface area contributed by atoms with Gasteiger partial charge in [0, 0.05) is 24.5 Å². The minimum atomic E-state index is -0.817. The third-order valence-electron chi connectivity index (χ3n) is 5.20. The topological polar surface area (TPSA) is 99.5 Å². The summed E-state index contributed by atoms with van der Waals surface area (Å²) in [6.45, 7) is 4.63. The van der Waals surface area contributed by atoms with Gasteiger partial charge in [0.2, 0.25) is 0 Å². The Morgan fingerprint density at radius 3 is 2.79 bits per heavy atom. The summed E-state index contributed by atoms with van der Waals surface area (Å²) in [6, 6.07) is 9.70. The van der Waals surface area contributed by atoms with Gasteiger partial charge in [0.15, 0.2) is 0 Å². The van der Waals surface area contributed by atoms with Crippen LogP contribution in [0.2, 0.25) is 0 Å². The number of aromatic nitrogens is 2. The van der Waals surface area contributed by atoms with E-state index in [1.54, 1.807) is 10.9 Å². The molecule has 1 aromatic carbocycles. The summed E-state index contributed by atoms with van der Waals surface area (Å²) in [5.41, 5.74) is 1.93. The Morgan fingerprint density at radius 2 is 2.14 bits per heavy atom. The SMILES string of the molecule is CCN(CC(=O)O)C1CC(NC(=O)NC(C)c2cccc(-n3cccn3)c2)C1. The number of likely N-dealkylation sites (N-methyl/N-ethyl adjacent to an activating group) is 1. The van der Waals surface area contributed by atoms with Crippen LogP contribution in [0.5, 0.6) is 0 Å². The highest BCUT2D eigenvalue weighted by atomic mass is 16.4. The van der Waals surface area contributed by atoms with Crippen LogP contribution < -0.4 is 10.6 Å². The summed E-state index contributed by atoms with van der Waals surface area (Å²) in [4.78, 5) is 25.2. The Kier molecular flexibility index (Phi) is 6.30. The van der Waals surface area contributed by atoms with Gasteiger partial charge in [-0.25, -0.2) is 9.48 Å². The van der Waals surface area contributed by atoms with E-state index in [-0.39, 0.29) is 30.7 Å². The molecule has 28 heavy (non-hydrogen) atoms. The van der Waals surface area contributed by atoms with Crippen LogP contribution in [-0.2, 0) is 4.79 Å². The van der Waals surface area contributed by atoms with E-state index in [9.17, 15) is 9.59 Å². The molecule has 8 heteroatoms. The van der Waals surface area contributed by atoms with Crippen molar-refractivity contribution in [3.8, 4) is 5.69 Å². The van der Waals surface area contributed by atoms with Gasteiger partial charge in [-0.1, -0.05) is 19.1 Å². The van der Waals surface area contributed by atoms with Crippen LogP contribution in [0, 0.1) is 0 Å². The molecule has 0 spiro atoms. The van der Waals surface area contributed by atoms with E-state index < -0.39 is 5.97 Å². The van der Waals surface area contributed by atoms with Crippen LogP contribution in [0.4, 0.5) is 4.79 Å². The first kappa shape index (κ1) is 19.9. The lowest BCUT2D eigenvalue weighted by Crippen LogP contribution is -2.56. The molecule has 1 aliphatic carbocycles. The van der Waals surface area contributed by atoms with Gasteiger partial charge in [-0.15, -0.1) is 0 Å². The lowest BCUT2D eigenvalue weighted by atomic mass is 9.85. The molecule has 2 amide bonds. The van der Waals surface area contributed by atoms with Gasteiger partial charge in [0.25, 0.3) is 0 Å². The first-order chi connectivity index (χ1) is 13.5. The molecule has 1 unspecified atom stereocenters. The van der Waals surface area contributed by atoms with Crippen molar-refractivity contribution in [3.05, 3.63) is 48.3 Å². The predicted molar refractivity (Wildman–Crippen MR) is 105 cm³/mol. The molecule has 1 aromatic heterocycles. The first-order valence-corrected chi connectivity index (χ1v) is 9.59. The van der Waals surface area contributed by atoms with Gasteiger partial charge in [-0.3, -0.25) is 9.69 Å². The fourth-order valence-electron chi connectivity index (χ4n) is 3.54. The van der Waals surface area contributed by atoms with Crippen molar-refractivity contribution in [1.29, 1.82) is 0 Å². The van der Waals surface area contributed by atoms with E-state index in [1.165, 1.54) is 0 Å². The zero-order valence-corrected chi connectivity index (χ0v) is 16.2. The highest BCUT2D eigenvalue weighted by Gasteiger charge is 2.34. The molecule has 0 aliphatic heterocycles. The third kappa shape index (κ3) is 4.89. The van der Waals surface area contributed by atoms with E-state index >= 15 is 0 Å². The number of nitrogens with zero attached hydrogens (tertiary/aromatic N) is 3. The van der Waals surface area contributed by atoms with Crippen LogP contribution in [0.1, 0.15) is 38.3 Å². The van der Waals surface area contributed by atoms with Crippen LogP contribution >= 0.6 is 0 Å². The monoisotopic (exact) mass is 385 g/mol. The maximum Gasteiger partial charge on any atom is 0.317 e. The summed E-state index contributed by atoms with van der Waals surface area (Å²) in [5.74, 6) is -0.817. The van der Waals surface area contributed by atoms with Crippen molar-refractivity contribution < 1.29 is 14.7 Å². The standard InChI is InChI=1S/C20H27N5O3/c1-3-24(13-19(26)27)18-11-16(12-18)23-20(28)22-14(2)15-6-4-7-17(10-15)25-9-5-8-21-25/h4-10,14,16,18H,3,11-13H2,1-2H3,(H,26,27)(H2,22,23,28). The van der Waals surface area contributed by atoms with Gasteiger partial charge in [-0.2, -0.15) is 5.10 Å². The summed E-state index contributed by atoms with van der Waals surface area (Å²) >= 11 is 0. The molecule has 0 saturated heterocycles. The van der Waals surface area contributed by atoms with Crippen LogP contribution in [0.3, 0.4) is 0 Å². The maximum absolute atomic E-state index is 12.3. The Bertz CT molecular complexity index is 802. The molecule has 0 bridgehead atoms. The van der Waals surface area contributed by atoms with Gasteiger partial charge in [0.05, 0.1) is 18.3 Å². The molecule has 1 heterocycles. The number of urea groups is 1. The Balaban J connectivity index is 1.48. The number of amides is 2. The molecule has 1 saturated carbocycles. The van der Waals surface area contributed by atoms with Gasteiger partial charge < -0.3 is 15.7 Å². The maximum atomic E-state index is 12.3. The third-order valence-corrected chi connectivity index (χ3v) is 5.20. The smallest absolute Gasteiger partial charge is 0.317 e. The molecule has 1 aliphatic rings. The summed E-state index contributed by atoms with van der Waals surface area (Å²) < 4.78 is 1.78. The van der Waals surface area contributed by atoms with E-state index in [1.807, 2.05) is 55.3 Å². The number of carboxylic acid groups (broad SMARTS) is 1. The van der Waals surface area contributed by atoms with Crippen LogP contribution in [0.25, 0.3) is 5.69 Å². The van der Waals surface area contributed by atoms with Gasteiger partial charge in [0.1, 0.15) is 0 Å². The quantitative estimate of drug-likeness (QED) is 0.647. The van der Waals surface area contributed by atoms with Crippen molar-refractivity contribution in [2.24, 2.45) is 0 Å². The second-order valence-corrected chi connectivity index (χ2v) is 7.16. The molecule has 3 N–H and O–H groups in total. The zero-order chi connectivity index (χ0) is 20.1. The highest BCUT2D eigenvalue weighted by Crippen LogP contribution is 2.25. The van der Waals surface area contributed by atoms with Crippen LogP contribution in [0.15, 0.2) is 42.7 Å². The average Bonchev–Trinajstić information content (AvgIpc) is 3.17. The largest absolute Gasteiger partial charge is 0.480 e. The fourth-order valence-corrected chi connectivity index (χ4v) is 3.54. The molecule has 3 rings (SSSR count). The Labute approximate surface area is 164 Å². The molecular weight excluding hydrogens is 358 g/mol. The van der Waals surface area contributed by atoms with E-state index in [4.69, 9.17) is 5.11 Å². The molecule has 1 atom stereocenters. The number of aliphatic carboxylic acids is 1. The lowest BCUT2D eigenvalue weighted by Gasteiger charge is -2.42. The number of carbonyl (C=O) groups is 2. The predicted octanol–water partition coefficient (Wildman–Crippen LogP) is 2.17. The summed E-state index contributed by atoms with van der Waals surface area (Å²) in [6.07, 6.45) is 5.15. The molecule has 1 fully saturated rings. The number of nitrogens with one attached hydrogen (secondary N) is 2. The van der Waals surface area contributed by atoms with Crippen molar-refractivity contribution in [2.45, 2.75) is 44.8 Å². The van der Waals surface area contributed by atoms with Crippen molar-refractivity contribution in [1.82, 2.24) is 25.3 Å². The second-order valence-electron chi connectivity index (χ2n) is 7.16. The minimum Gasteiger partial charge on any atom is -0.480 e. The lowest BCUT2D eigenvalue weighted by molar-refractivity contribution is -0.139. The number of rotatable bonds is 8. The minimum absolute atomic E-state index is 0.0453. The van der Waals surface area contributed by atoms with Crippen molar-refractivity contribution >= 4 is 12.0 Å². The number of carboxylic acids is 1. The van der Waals surface area contributed by atoms with Crippen molar-refractivity contribution in [3.63, 3.8) is 0 Å². The average molecular weight is 385 g/mol. The summed E-state index contributed by atoms with van der Waals surface area (Å²) in [7, 11) is 0. The van der Waals surface area contributed by atoms with Crippen LogP contribution in [-0.4, -0.2) is 57.0 Å². The zero-order valence-electron chi connectivity index (χ0n) is 16.2. The fraction of sp³-hybridized carbons (Fsp3) is 0.450. The number of hydrogen-bond acceptors (Lipinski definition) is 4. The van der Waals surface area contributed by atoms with Crippen molar-refractivity contribution in [2.75, 3.05) is 13.1 Å². The molecule has 0 radical (unpaired) electrons. The number of benzene rings is 1. The van der Waals surface area contributed by atoms with E-state index in [0.29, 0.717) is 6.54 Å². The Hall–Kier alpha value is -2.87. The Morgan fingerprint density at radius 1 is 1.36 bits per heavy atom. The second kappa shape index (κ2) is 8.88. The normalized spacial score (nSPS) is 19.7. The summed E-state index contributed by atoms with van der Waals surface area (Å²) in [5, 5.41) is 19.1. The molecular formula is C20H27N5O3. The highest BCUT2D eigenvalue weighted by molar-refractivity contribution is 5.75. The first-order valence-electron chi connectivity index (χ1n) is 9.59. The van der Waals surface area contributed by atoms with Gasteiger partial charge in [-0.05, 0) is 50.1 Å². The molecule has 2 aromatic rings.